The Labute approximate surface area is 189 Å². The van der Waals surface area contributed by atoms with Crippen LogP contribution in [0.2, 0.25) is 0 Å². The number of likely N-dealkylation sites (tertiary alicyclic amines) is 1. The first-order chi connectivity index (χ1) is 14.7. The maximum Gasteiger partial charge on any atom is 0.341 e. The lowest BCUT2D eigenvalue weighted by Crippen LogP contribution is -2.44. The molecule has 2 fully saturated rings. The summed E-state index contributed by atoms with van der Waals surface area (Å²) in [4.78, 5) is 52.2. The zero-order valence-electron chi connectivity index (χ0n) is 17.4. The van der Waals surface area contributed by atoms with Gasteiger partial charge in [0.15, 0.2) is 5.11 Å². The summed E-state index contributed by atoms with van der Waals surface area (Å²) in [5.41, 5.74) is 1.16. The molecule has 2 bridgehead atoms. The number of hydrogen-bond donors (Lipinski definition) is 2. The summed E-state index contributed by atoms with van der Waals surface area (Å²) >= 11 is 6.54. The molecule has 10 heteroatoms. The number of nitrogens with zero attached hydrogens (tertiary/aromatic N) is 1. The molecule has 4 atom stereocenters. The van der Waals surface area contributed by atoms with Crippen LogP contribution < -0.4 is 10.6 Å². The second-order valence-electron chi connectivity index (χ2n) is 7.97. The van der Waals surface area contributed by atoms with Gasteiger partial charge in [-0.25, -0.2) is 4.79 Å². The lowest BCUT2D eigenvalue weighted by atomic mass is 9.85. The lowest BCUT2D eigenvalue weighted by molar-refractivity contribution is -0.144. The van der Waals surface area contributed by atoms with E-state index in [1.54, 1.807) is 6.92 Å². The molecule has 0 unspecified atom stereocenters. The van der Waals surface area contributed by atoms with Crippen LogP contribution >= 0.6 is 23.6 Å². The minimum Gasteiger partial charge on any atom is -0.462 e. The van der Waals surface area contributed by atoms with Crippen LogP contribution in [0.15, 0.2) is 12.2 Å². The van der Waals surface area contributed by atoms with Crippen LogP contribution in [0.25, 0.3) is 0 Å². The molecule has 31 heavy (non-hydrogen) atoms. The smallest absolute Gasteiger partial charge is 0.341 e. The minimum absolute atomic E-state index is 0.0159. The summed E-state index contributed by atoms with van der Waals surface area (Å²) in [5.74, 6) is -2.10. The summed E-state index contributed by atoms with van der Waals surface area (Å²) in [6, 6.07) is 0. The van der Waals surface area contributed by atoms with E-state index in [1.165, 1.54) is 11.3 Å². The van der Waals surface area contributed by atoms with Crippen LogP contribution in [0.3, 0.4) is 0 Å². The third-order valence-corrected chi connectivity index (χ3v) is 7.54. The molecule has 1 saturated carbocycles. The van der Waals surface area contributed by atoms with Gasteiger partial charge in [-0.15, -0.1) is 11.3 Å². The van der Waals surface area contributed by atoms with Gasteiger partial charge in [0.05, 0.1) is 24.0 Å². The van der Waals surface area contributed by atoms with E-state index in [9.17, 15) is 19.2 Å². The molecule has 8 nitrogen and oxygen atoms in total. The maximum atomic E-state index is 12.7. The molecule has 1 saturated heterocycles. The fourth-order valence-electron chi connectivity index (χ4n) is 4.73. The molecule has 2 heterocycles. The topological polar surface area (TPSA) is 105 Å². The van der Waals surface area contributed by atoms with Gasteiger partial charge in [0.2, 0.25) is 17.7 Å². The third kappa shape index (κ3) is 3.67. The summed E-state index contributed by atoms with van der Waals surface area (Å²) in [6.07, 6.45) is 4.85. The molecule has 1 aromatic rings. The monoisotopic (exact) mass is 461 g/mol. The molecular formula is C21H23N3O5S2. The van der Waals surface area contributed by atoms with Crippen molar-refractivity contribution in [2.24, 2.45) is 23.7 Å². The van der Waals surface area contributed by atoms with Gasteiger partial charge in [-0.05, 0) is 56.8 Å². The average molecular weight is 462 g/mol. The number of nitrogens with one attached hydrogen (secondary N) is 2. The Balaban J connectivity index is 1.39. The van der Waals surface area contributed by atoms with Crippen molar-refractivity contribution in [1.82, 2.24) is 10.2 Å². The van der Waals surface area contributed by atoms with Crippen molar-refractivity contribution in [1.29, 1.82) is 0 Å². The molecule has 3 aliphatic rings. The van der Waals surface area contributed by atoms with E-state index in [1.807, 2.05) is 26.0 Å². The van der Waals surface area contributed by atoms with Crippen LogP contribution in [0.1, 0.15) is 34.1 Å². The molecule has 0 aromatic carbocycles. The summed E-state index contributed by atoms with van der Waals surface area (Å²) < 4.78 is 5.11. The molecule has 164 valence electrons. The summed E-state index contributed by atoms with van der Waals surface area (Å²) in [6.45, 7) is 5.28. The van der Waals surface area contributed by atoms with E-state index >= 15 is 0 Å². The Morgan fingerprint density at radius 1 is 1.19 bits per heavy atom. The maximum absolute atomic E-state index is 12.7. The first-order valence-electron chi connectivity index (χ1n) is 10.1. The summed E-state index contributed by atoms with van der Waals surface area (Å²) in [7, 11) is 0. The largest absolute Gasteiger partial charge is 0.462 e. The highest BCUT2D eigenvalue weighted by atomic mass is 32.1. The number of hydrogen-bond acceptors (Lipinski definition) is 7. The second kappa shape index (κ2) is 8.16. The standard InChI is InChI=1S/C21H23N3O5S2/c1-4-29-20(28)14-9(2)10(3)31-17(14)23-21(30)22-13(25)8-24-18(26)15-11-5-6-12(7-11)16(15)19(24)27/h5-6,11-12,15-16H,4,7-8H2,1-3H3,(H2,22,23,25,30)/t11-,12-,15-,16-/m0/s1. The van der Waals surface area contributed by atoms with E-state index in [2.05, 4.69) is 10.6 Å². The number of carbonyl (C=O) groups excluding carboxylic acids is 4. The van der Waals surface area contributed by atoms with Crippen LogP contribution in [-0.4, -0.2) is 46.9 Å². The molecule has 2 N–H and O–H groups in total. The first-order valence-corrected chi connectivity index (χ1v) is 11.4. The fourth-order valence-corrected chi connectivity index (χ4v) is 6.06. The molecule has 4 rings (SSSR count). The molecule has 1 aliphatic heterocycles. The van der Waals surface area contributed by atoms with Gasteiger partial charge in [-0.3, -0.25) is 19.3 Å². The van der Waals surface area contributed by atoms with Gasteiger partial charge in [0.25, 0.3) is 0 Å². The van der Waals surface area contributed by atoms with E-state index in [0.717, 1.165) is 21.8 Å². The summed E-state index contributed by atoms with van der Waals surface area (Å²) in [5, 5.41) is 5.83. The number of thiophene rings is 1. The van der Waals surface area contributed by atoms with Crippen molar-refractivity contribution >= 4 is 57.4 Å². The number of aryl methyl sites for hydroxylation is 1. The van der Waals surface area contributed by atoms with Gasteiger partial charge in [-0.2, -0.15) is 0 Å². The number of imide groups is 1. The Kier molecular flexibility index (Phi) is 5.69. The van der Waals surface area contributed by atoms with Crippen molar-refractivity contribution in [3.8, 4) is 0 Å². The molecule has 0 radical (unpaired) electrons. The van der Waals surface area contributed by atoms with Crippen LogP contribution in [0.5, 0.6) is 0 Å². The molecule has 3 amide bonds. The highest BCUT2D eigenvalue weighted by Gasteiger charge is 2.59. The molecule has 2 aliphatic carbocycles. The van der Waals surface area contributed by atoms with Gasteiger partial charge in [0.1, 0.15) is 11.5 Å². The minimum atomic E-state index is -0.567. The van der Waals surface area contributed by atoms with E-state index in [-0.39, 0.29) is 53.8 Å². The molecular weight excluding hydrogens is 438 g/mol. The van der Waals surface area contributed by atoms with Crippen molar-refractivity contribution < 1.29 is 23.9 Å². The second-order valence-corrected chi connectivity index (χ2v) is 9.61. The number of rotatable bonds is 5. The van der Waals surface area contributed by atoms with E-state index in [4.69, 9.17) is 17.0 Å². The van der Waals surface area contributed by atoms with Gasteiger partial charge >= 0.3 is 5.97 Å². The van der Waals surface area contributed by atoms with Crippen LogP contribution in [0, 0.1) is 37.5 Å². The number of thiocarbonyl (C=S) groups is 1. The van der Waals surface area contributed by atoms with Crippen molar-refractivity contribution in [2.75, 3.05) is 18.5 Å². The fraction of sp³-hybridized carbons (Fsp3) is 0.476. The number of fused-ring (bicyclic) bond motifs is 5. The zero-order chi connectivity index (χ0) is 22.4. The van der Waals surface area contributed by atoms with Gasteiger partial charge in [-0.1, -0.05) is 12.2 Å². The number of amides is 3. The first kappa shape index (κ1) is 21.6. The Morgan fingerprint density at radius 3 is 2.39 bits per heavy atom. The quantitative estimate of drug-likeness (QED) is 0.300. The van der Waals surface area contributed by atoms with Gasteiger partial charge < -0.3 is 15.4 Å². The van der Waals surface area contributed by atoms with Gasteiger partial charge in [0, 0.05) is 4.88 Å². The molecule has 0 spiro atoms. The predicted octanol–water partition coefficient (Wildman–Crippen LogP) is 2.16. The Morgan fingerprint density at radius 2 is 1.81 bits per heavy atom. The average Bonchev–Trinajstić information content (AvgIpc) is 3.43. The lowest BCUT2D eigenvalue weighted by Gasteiger charge is -2.17. The number of ether oxygens (including phenoxy) is 1. The van der Waals surface area contributed by atoms with E-state index < -0.39 is 11.9 Å². The zero-order valence-corrected chi connectivity index (χ0v) is 19.0. The SMILES string of the molecule is CCOC(=O)c1c(NC(=S)NC(=O)CN2C(=O)[C@@H]3[C@@H](C2=O)[C@H]2C=C[C@H]3C2)sc(C)c1C. The molecule has 1 aromatic heterocycles. The Bertz CT molecular complexity index is 1000. The number of anilines is 1. The predicted molar refractivity (Wildman–Crippen MR) is 119 cm³/mol. The Hall–Kier alpha value is -2.59. The number of esters is 1. The third-order valence-electron chi connectivity index (χ3n) is 6.21. The number of carbonyl (C=O) groups is 4. The van der Waals surface area contributed by atoms with Crippen molar-refractivity contribution in [2.45, 2.75) is 27.2 Å². The van der Waals surface area contributed by atoms with Crippen LogP contribution in [-0.2, 0) is 19.1 Å². The van der Waals surface area contributed by atoms with Crippen molar-refractivity contribution in [3.63, 3.8) is 0 Å². The van der Waals surface area contributed by atoms with E-state index in [0.29, 0.717) is 10.6 Å². The normalized spacial score (nSPS) is 25.7. The number of allylic oxidation sites excluding steroid dienone is 2. The van der Waals surface area contributed by atoms with Crippen molar-refractivity contribution in [3.05, 3.63) is 28.2 Å². The van der Waals surface area contributed by atoms with Crippen LogP contribution in [0.4, 0.5) is 5.00 Å². The highest BCUT2D eigenvalue weighted by molar-refractivity contribution is 7.80. The highest BCUT2D eigenvalue weighted by Crippen LogP contribution is 2.52.